The van der Waals surface area contributed by atoms with E-state index in [0.29, 0.717) is 13.1 Å². The van der Waals surface area contributed by atoms with Gasteiger partial charge in [0.25, 0.3) is 0 Å². The maximum atomic E-state index is 12.7. The van der Waals surface area contributed by atoms with E-state index in [4.69, 9.17) is 11.6 Å². The van der Waals surface area contributed by atoms with Gasteiger partial charge < -0.3 is 4.90 Å². The van der Waals surface area contributed by atoms with Crippen LogP contribution in [0.1, 0.15) is 13.3 Å². The molecule has 112 valence electrons. The molecular weight excluding hydrogens is 364 g/mol. The van der Waals surface area contributed by atoms with Crippen LogP contribution in [-0.4, -0.2) is 50.3 Å². The number of benzene rings is 1. The minimum Gasteiger partial charge on any atom is -0.301 e. The third-order valence-corrected chi connectivity index (χ3v) is 6.56. The Bertz CT molecular complexity index is 594. The number of hydrogen-bond acceptors (Lipinski definition) is 3. The van der Waals surface area contributed by atoms with Gasteiger partial charge >= 0.3 is 0 Å². The summed E-state index contributed by atoms with van der Waals surface area (Å²) in [6.07, 6.45) is 0.927. The van der Waals surface area contributed by atoms with Gasteiger partial charge in [0, 0.05) is 30.1 Å². The third kappa shape index (κ3) is 3.20. The Kier molecular flexibility index (Phi) is 5.13. The molecule has 0 radical (unpaired) electrons. The Morgan fingerprint density at radius 1 is 1.40 bits per heavy atom. The topological polar surface area (TPSA) is 40.6 Å². The quantitative estimate of drug-likeness (QED) is 0.808. The van der Waals surface area contributed by atoms with E-state index < -0.39 is 10.0 Å². The van der Waals surface area contributed by atoms with Crippen LogP contribution in [-0.2, 0) is 10.0 Å². The minimum absolute atomic E-state index is 0.182. The highest BCUT2D eigenvalue weighted by Crippen LogP contribution is 2.29. The molecule has 1 unspecified atom stereocenters. The van der Waals surface area contributed by atoms with Crippen molar-refractivity contribution in [3.05, 3.63) is 27.7 Å². The fraction of sp³-hybridized carbons (Fsp3) is 0.538. The second-order valence-electron chi connectivity index (χ2n) is 4.98. The summed E-state index contributed by atoms with van der Waals surface area (Å²) in [5, 5.41) is 0.256. The van der Waals surface area contributed by atoms with Gasteiger partial charge in [-0.05, 0) is 31.7 Å². The van der Waals surface area contributed by atoms with E-state index in [-0.39, 0.29) is 16.0 Å². The van der Waals surface area contributed by atoms with Gasteiger partial charge in [-0.2, -0.15) is 4.31 Å². The minimum atomic E-state index is -3.52. The van der Waals surface area contributed by atoms with Crippen LogP contribution >= 0.6 is 27.5 Å². The van der Waals surface area contributed by atoms with Crippen molar-refractivity contribution < 1.29 is 8.42 Å². The van der Waals surface area contributed by atoms with Gasteiger partial charge in [-0.1, -0.05) is 34.5 Å². The van der Waals surface area contributed by atoms with Gasteiger partial charge in [0.1, 0.15) is 4.90 Å². The number of hydrogen-bond donors (Lipinski definition) is 0. The van der Waals surface area contributed by atoms with Crippen LogP contribution in [0.5, 0.6) is 0 Å². The molecule has 0 spiro atoms. The molecule has 1 aromatic carbocycles. The Morgan fingerprint density at radius 3 is 2.70 bits per heavy atom. The molecule has 0 aliphatic carbocycles. The van der Waals surface area contributed by atoms with Crippen molar-refractivity contribution in [1.29, 1.82) is 0 Å². The zero-order valence-electron chi connectivity index (χ0n) is 11.5. The van der Waals surface area contributed by atoms with Gasteiger partial charge in [-0.15, -0.1) is 0 Å². The Balaban J connectivity index is 2.31. The lowest BCUT2D eigenvalue weighted by Crippen LogP contribution is -2.52. The zero-order valence-corrected chi connectivity index (χ0v) is 14.7. The summed E-state index contributed by atoms with van der Waals surface area (Å²) in [6, 6.07) is 5.13. The highest BCUT2D eigenvalue weighted by atomic mass is 79.9. The second kappa shape index (κ2) is 6.32. The summed E-state index contributed by atoms with van der Waals surface area (Å²) in [5.41, 5.74) is 0. The lowest BCUT2D eigenvalue weighted by atomic mass is 10.1. The molecule has 1 heterocycles. The number of nitrogens with zero attached hydrogens (tertiary/aromatic N) is 2. The summed E-state index contributed by atoms with van der Waals surface area (Å²) < 4.78 is 27.7. The molecule has 20 heavy (non-hydrogen) atoms. The molecule has 0 bridgehead atoms. The standard InChI is InChI=1S/C13H18BrClN2O2S/c1-3-11-9-17(7-6-16(11)2)20(18,19)13-5-4-10(14)8-12(13)15/h4-5,8,11H,3,6-7,9H2,1-2H3. The summed E-state index contributed by atoms with van der Waals surface area (Å²) in [6.45, 7) is 3.83. The largest absolute Gasteiger partial charge is 0.301 e. The van der Waals surface area contributed by atoms with Gasteiger partial charge in [0.05, 0.1) is 5.02 Å². The van der Waals surface area contributed by atoms with E-state index in [0.717, 1.165) is 17.4 Å². The highest BCUT2D eigenvalue weighted by Gasteiger charge is 2.33. The van der Waals surface area contributed by atoms with Gasteiger partial charge in [0.2, 0.25) is 10.0 Å². The molecule has 1 fully saturated rings. The second-order valence-corrected chi connectivity index (χ2v) is 8.21. The first-order valence-corrected chi connectivity index (χ1v) is 9.12. The van der Waals surface area contributed by atoms with Gasteiger partial charge in [-0.25, -0.2) is 8.42 Å². The molecule has 7 heteroatoms. The SMILES string of the molecule is CCC1CN(S(=O)(=O)c2ccc(Br)cc2Cl)CCN1C. The van der Waals surface area contributed by atoms with Crippen molar-refractivity contribution >= 4 is 37.6 Å². The van der Waals surface area contributed by atoms with Crippen LogP contribution in [0.2, 0.25) is 5.02 Å². The monoisotopic (exact) mass is 380 g/mol. The number of halogens is 2. The van der Waals surface area contributed by atoms with Gasteiger partial charge in [-0.3, -0.25) is 0 Å². The molecule has 1 atom stereocenters. The predicted octanol–water partition coefficient (Wildman–Crippen LogP) is 2.82. The van der Waals surface area contributed by atoms with Crippen LogP contribution in [0.4, 0.5) is 0 Å². The average Bonchev–Trinajstić information content (AvgIpc) is 2.38. The van der Waals surface area contributed by atoms with Crippen molar-refractivity contribution in [1.82, 2.24) is 9.21 Å². The smallest absolute Gasteiger partial charge is 0.244 e. The molecule has 0 saturated carbocycles. The van der Waals surface area contributed by atoms with Crippen LogP contribution in [0, 0.1) is 0 Å². The molecule has 0 amide bonds. The van der Waals surface area contributed by atoms with E-state index in [1.54, 1.807) is 18.2 Å². The lowest BCUT2D eigenvalue weighted by molar-refractivity contribution is 0.144. The van der Waals surface area contributed by atoms with Crippen LogP contribution in [0.15, 0.2) is 27.6 Å². The molecule has 2 rings (SSSR count). The van der Waals surface area contributed by atoms with E-state index in [9.17, 15) is 8.42 Å². The Hall–Kier alpha value is -0.140. The maximum absolute atomic E-state index is 12.7. The van der Waals surface area contributed by atoms with E-state index >= 15 is 0 Å². The summed E-state index contributed by atoms with van der Waals surface area (Å²) in [7, 11) is -1.49. The molecule has 1 aliphatic rings. The first-order valence-electron chi connectivity index (χ1n) is 6.51. The fourth-order valence-corrected chi connectivity index (χ4v) is 4.88. The van der Waals surface area contributed by atoms with Crippen molar-refractivity contribution in [3.63, 3.8) is 0 Å². The Labute approximate surface area is 133 Å². The number of likely N-dealkylation sites (N-methyl/N-ethyl adjacent to an activating group) is 1. The highest BCUT2D eigenvalue weighted by molar-refractivity contribution is 9.10. The summed E-state index contributed by atoms with van der Waals surface area (Å²) in [4.78, 5) is 2.39. The first kappa shape index (κ1) is 16.2. The molecule has 0 N–H and O–H groups in total. The van der Waals surface area contributed by atoms with Crippen molar-refractivity contribution in [2.24, 2.45) is 0 Å². The van der Waals surface area contributed by atoms with Gasteiger partial charge in [0.15, 0.2) is 0 Å². The van der Waals surface area contributed by atoms with Crippen LogP contribution in [0.25, 0.3) is 0 Å². The average molecular weight is 382 g/mol. The normalized spacial score (nSPS) is 22.1. The first-order chi connectivity index (χ1) is 9.36. The van der Waals surface area contributed by atoms with Crippen molar-refractivity contribution in [2.45, 2.75) is 24.3 Å². The number of sulfonamides is 1. The number of piperazine rings is 1. The molecule has 4 nitrogen and oxygen atoms in total. The maximum Gasteiger partial charge on any atom is 0.244 e. The fourth-order valence-electron chi connectivity index (χ4n) is 2.40. The lowest BCUT2D eigenvalue weighted by Gasteiger charge is -2.38. The zero-order chi connectivity index (χ0) is 14.9. The molecule has 1 aliphatic heterocycles. The van der Waals surface area contributed by atoms with E-state index in [2.05, 4.69) is 27.8 Å². The molecule has 1 aromatic rings. The molecule has 0 aromatic heterocycles. The predicted molar refractivity (Wildman–Crippen MR) is 84.6 cm³/mol. The summed E-state index contributed by atoms with van der Waals surface area (Å²) in [5.74, 6) is 0. The number of rotatable bonds is 3. The van der Waals surface area contributed by atoms with Crippen molar-refractivity contribution in [3.8, 4) is 0 Å². The molecular formula is C13H18BrClN2O2S. The van der Waals surface area contributed by atoms with E-state index in [1.807, 2.05) is 7.05 Å². The van der Waals surface area contributed by atoms with E-state index in [1.165, 1.54) is 4.31 Å². The summed E-state index contributed by atoms with van der Waals surface area (Å²) >= 11 is 9.37. The molecule has 1 saturated heterocycles. The Morgan fingerprint density at radius 2 is 2.10 bits per heavy atom. The van der Waals surface area contributed by atoms with Crippen LogP contribution in [0.3, 0.4) is 0 Å². The van der Waals surface area contributed by atoms with Crippen LogP contribution < -0.4 is 0 Å². The van der Waals surface area contributed by atoms with Crippen molar-refractivity contribution in [2.75, 3.05) is 26.7 Å². The third-order valence-electron chi connectivity index (χ3n) is 3.72.